The Hall–Kier alpha value is -2.15. The molecule has 0 bridgehead atoms. The molecule has 0 saturated carbocycles. The number of hydrogen-bond acceptors (Lipinski definition) is 4. The van der Waals surface area contributed by atoms with Crippen molar-refractivity contribution in [2.75, 3.05) is 26.2 Å². The van der Waals surface area contributed by atoms with Gasteiger partial charge in [0.1, 0.15) is 6.04 Å². The Morgan fingerprint density at radius 3 is 2.90 bits per heavy atom. The Labute approximate surface area is 116 Å². The predicted octanol–water partition coefficient (Wildman–Crippen LogP) is -1.07. The zero-order chi connectivity index (χ0) is 14.5. The molecule has 1 unspecified atom stereocenters. The first-order chi connectivity index (χ1) is 9.63. The number of carbonyl (C=O) groups is 2. The standard InChI is InChI=1S/C13H18N4O3/c1-2-15-12(19)10-8-14-5-6-17(10)13(20)9-3-4-11(18)16-7-9/h3-4,7,10,14H,2,5-6,8H2,1H3,(H,15,19)(H,16,18). The van der Waals surface area contributed by atoms with Crippen LogP contribution in [0.2, 0.25) is 0 Å². The molecule has 2 rings (SSSR count). The van der Waals surface area contributed by atoms with Crippen molar-refractivity contribution in [3.05, 3.63) is 34.2 Å². The first-order valence-corrected chi connectivity index (χ1v) is 6.61. The van der Waals surface area contributed by atoms with Crippen molar-refractivity contribution < 1.29 is 9.59 Å². The zero-order valence-electron chi connectivity index (χ0n) is 11.3. The molecule has 7 nitrogen and oxygen atoms in total. The second-order valence-corrected chi connectivity index (χ2v) is 4.55. The average Bonchev–Trinajstić information content (AvgIpc) is 2.47. The van der Waals surface area contributed by atoms with Crippen LogP contribution in [0.3, 0.4) is 0 Å². The summed E-state index contributed by atoms with van der Waals surface area (Å²) in [4.78, 5) is 39.5. The summed E-state index contributed by atoms with van der Waals surface area (Å²) in [5, 5.41) is 5.84. The fourth-order valence-corrected chi connectivity index (χ4v) is 2.18. The maximum absolute atomic E-state index is 12.4. The molecule has 1 aliphatic rings. The average molecular weight is 278 g/mol. The zero-order valence-corrected chi connectivity index (χ0v) is 11.3. The second kappa shape index (κ2) is 6.33. The van der Waals surface area contributed by atoms with Gasteiger partial charge in [0.25, 0.3) is 5.91 Å². The normalized spacial score (nSPS) is 18.6. The molecule has 7 heteroatoms. The molecule has 2 heterocycles. The molecule has 1 atom stereocenters. The van der Waals surface area contributed by atoms with E-state index in [1.54, 1.807) is 0 Å². The molecule has 0 aliphatic carbocycles. The molecule has 0 radical (unpaired) electrons. The molecular weight excluding hydrogens is 260 g/mol. The van der Waals surface area contributed by atoms with Crippen molar-refractivity contribution >= 4 is 11.8 Å². The molecule has 0 spiro atoms. The van der Waals surface area contributed by atoms with Crippen molar-refractivity contribution in [3.63, 3.8) is 0 Å². The van der Waals surface area contributed by atoms with E-state index in [0.717, 1.165) is 0 Å². The van der Waals surface area contributed by atoms with Gasteiger partial charge in [-0.05, 0) is 13.0 Å². The first kappa shape index (κ1) is 14.3. The van der Waals surface area contributed by atoms with Crippen LogP contribution in [0.15, 0.2) is 23.1 Å². The third kappa shape index (κ3) is 3.05. The second-order valence-electron chi connectivity index (χ2n) is 4.55. The van der Waals surface area contributed by atoms with Crippen molar-refractivity contribution in [1.29, 1.82) is 0 Å². The van der Waals surface area contributed by atoms with E-state index in [1.165, 1.54) is 23.2 Å². The molecule has 2 amide bonds. The number of hydrogen-bond donors (Lipinski definition) is 3. The van der Waals surface area contributed by atoms with Crippen LogP contribution in [-0.2, 0) is 4.79 Å². The number of rotatable bonds is 3. The molecule has 3 N–H and O–H groups in total. The summed E-state index contributed by atoms with van der Waals surface area (Å²) in [5.74, 6) is -0.420. The van der Waals surface area contributed by atoms with Gasteiger partial charge in [0, 0.05) is 38.4 Å². The fraction of sp³-hybridized carbons (Fsp3) is 0.462. The van der Waals surface area contributed by atoms with Crippen LogP contribution < -0.4 is 16.2 Å². The smallest absolute Gasteiger partial charge is 0.256 e. The number of H-pyrrole nitrogens is 1. The number of likely N-dealkylation sites (N-methyl/N-ethyl adjacent to an activating group) is 1. The lowest BCUT2D eigenvalue weighted by Crippen LogP contribution is -2.59. The number of aromatic nitrogens is 1. The van der Waals surface area contributed by atoms with Gasteiger partial charge in [-0.2, -0.15) is 0 Å². The number of nitrogens with one attached hydrogen (secondary N) is 3. The lowest BCUT2D eigenvalue weighted by Gasteiger charge is -2.35. The van der Waals surface area contributed by atoms with Gasteiger partial charge in [-0.25, -0.2) is 0 Å². The number of carbonyl (C=O) groups excluding carboxylic acids is 2. The molecule has 1 aliphatic heterocycles. The van der Waals surface area contributed by atoms with Crippen LogP contribution in [0.5, 0.6) is 0 Å². The van der Waals surface area contributed by atoms with Crippen LogP contribution in [0.4, 0.5) is 0 Å². The SMILES string of the molecule is CCNC(=O)C1CNCCN1C(=O)c1ccc(=O)[nH]c1. The van der Waals surface area contributed by atoms with E-state index in [4.69, 9.17) is 0 Å². The van der Waals surface area contributed by atoms with Crippen molar-refractivity contribution in [2.24, 2.45) is 0 Å². The van der Waals surface area contributed by atoms with Gasteiger partial charge in [0.15, 0.2) is 0 Å². The van der Waals surface area contributed by atoms with Crippen molar-refractivity contribution in [2.45, 2.75) is 13.0 Å². The van der Waals surface area contributed by atoms with Gasteiger partial charge in [-0.3, -0.25) is 14.4 Å². The maximum Gasteiger partial charge on any atom is 0.256 e. The lowest BCUT2D eigenvalue weighted by atomic mass is 10.1. The minimum Gasteiger partial charge on any atom is -0.355 e. The number of nitrogens with zero attached hydrogens (tertiary/aromatic N) is 1. The van der Waals surface area contributed by atoms with Gasteiger partial charge in [0.05, 0.1) is 5.56 Å². The third-order valence-electron chi connectivity index (χ3n) is 3.19. The molecule has 1 aromatic heterocycles. The molecule has 1 fully saturated rings. The summed E-state index contributed by atoms with van der Waals surface area (Å²) >= 11 is 0. The van der Waals surface area contributed by atoms with Crippen LogP contribution in [-0.4, -0.2) is 53.9 Å². The van der Waals surface area contributed by atoms with E-state index >= 15 is 0 Å². The molecule has 1 saturated heterocycles. The molecule has 108 valence electrons. The number of piperazine rings is 1. The summed E-state index contributed by atoms with van der Waals surface area (Å²) < 4.78 is 0. The van der Waals surface area contributed by atoms with E-state index in [2.05, 4.69) is 15.6 Å². The quantitative estimate of drug-likeness (QED) is 0.656. The highest BCUT2D eigenvalue weighted by Crippen LogP contribution is 2.09. The number of pyridine rings is 1. The fourth-order valence-electron chi connectivity index (χ4n) is 2.18. The van der Waals surface area contributed by atoms with Crippen molar-refractivity contribution in [3.8, 4) is 0 Å². The van der Waals surface area contributed by atoms with Crippen LogP contribution in [0.25, 0.3) is 0 Å². The minimum atomic E-state index is -0.525. The molecule has 20 heavy (non-hydrogen) atoms. The van der Waals surface area contributed by atoms with Crippen LogP contribution in [0, 0.1) is 0 Å². The Kier molecular flexibility index (Phi) is 4.52. The third-order valence-corrected chi connectivity index (χ3v) is 3.19. The highest BCUT2D eigenvalue weighted by molar-refractivity contribution is 5.97. The van der Waals surface area contributed by atoms with Crippen molar-refractivity contribution in [1.82, 2.24) is 20.5 Å². The van der Waals surface area contributed by atoms with E-state index in [9.17, 15) is 14.4 Å². The van der Waals surface area contributed by atoms with Gasteiger partial charge >= 0.3 is 0 Å². The Morgan fingerprint density at radius 2 is 2.25 bits per heavy atom. The van der Waals surface area contributed by atoms with Gasteiger partial charge < -0.3 is 20.5 Å². The van der Waals surface area contributed by atoms with E-state index in [1.807, 2.05) is 6.92 Å². The highest BCUT2D eigenvalue weighted by atomic mass is 16.2. The van der Waals surface area contributed by atoms with Gasteiger partial charge in [-0.1, -0.05) is 0 Å². The van der Waals surface area contributed by atoms with E-state index in [0.29, 0.717) is 31.7 Å². The number of aromatic amines is 1. The van der Waals surface area contributed by atoms with Gasteiger partial charge in [-0.15, -0.1) is 0 Å². The monoisotopic (exact) mass is 278 g/mol. The number of amides is 2. The maximum atomic E-state index is 12.4. The Balaban J connectivity index is 2.18. The summed E-state index contributed by atoms with van der Waals surface area (Å²) in [6.45, 7) is 3.89. The Morgan fingerprint density at radius 1 is 1.45 bits per heavy atom. The van der Waals surface area contributed by atoms with Crippen LogP contribution in [0.1, 0.15) is 17.3 Å². The van der Waals surface area contributed by atoms with Crippen LogP contribution >= 0.6 is 0 Å². The largest absolute Gasteiger partial charge is 0.355 e. The summed E-state index contributed by atoms with van der Waals surface area (Å²) in [6, 6.07) is 2.25. The van der Waals surface area contributed by atoms with E-state index in [-0.39, 0.29) is 17.4 Å². The molecule has 1 aromatic rings. The highest BCUT2D eigenvalue weighted by Gasteiger charge is 2.32. The Bertz CT molecular complexity index is 534. The predicted molar refractivity (Wildman–Crippen MR) is 73.4 cm³/mol. The summed E-state index contributed by atoms with van der Waals surface area (Å²) in [6.07, 6.45) is 1.38. The molecule has 0 aromatic carbocycles. The minimum absolute atomic E-state index is 0.169. The first-order valence-electron chi connectivity index (χ1n) is 6.61. The molecular formula is C13H18N4O3. The summed E-state index contributed by atoms with van der Waals surface area (Å²) in [7, 11) is 0. The topological polar surface area (TPSA) is 94.3 Å². The van der Waals surface area contributed by atoms with Gasteiger partial charge in [0.2, 0.25) is 11.5 Å². The summed E-state index contributed by atoms with van der Waals surface area (Å²) in [5.41, 5.74) is 0.114. The lowest BCUT2D eigenvalue weighted by molar-refractivity contribution is -0.126. The van der Waals surface area contributed by atoms with E-state index < -0.39 is 6.04 Å².